The second-order valence-electron chi connectivity index (χ2n) is 5.45. The van der Waals surface area contributed by atoms with Gasteiger partial charge in [0, 0.05) is 26.1 Å². The van der Waals surface area contributed by atoms with Crippen LogP contribution in [0, 0.1) is 0 Å². The molecule has 2 N–H and O–H groups in total. The third kappa shape index (κ3) is 10.6. The van der Waals surface area contributed by atoms with Crippen LogP contribution in [0.3, 0.4) is 0 Å². The number of hydrogen-bond acceptors (Lipinski definition) is 2. The highest BCUT2D eigenvalue weighted by Gasteiger charge is 2.08. The van der Waals surface area contributed by atoms with Gasteiger partial charge in [-0.2, -0.15) is 0 Å². The fourth-order valence-corrected chi connectivity index (χ4v) is 1.95. The van der Waals surface area contributed by atoms with E-state index < -0.39 is 0 Å². The minimum absolute atomic E-state index is 0.179. The first-order valence-corrected chi connectivity index (χ1v) is 7.57. The second-order valence-corrected chi connectivity index (χ2v) is 5.45. The van der Waals surface area contributed by atoms with E-state index in [1.165, 1.54) is 38.5 Å². The number of rotatable bonds is 11. The van der Waals surface area contributed by atoms with Crippen molar-refractivity contribution >= 4 is 5.91 Å². The summed E-state index contributed by atoms with van der Waals surface area (Å²) in [5.41, 5.74) is 5.68. The summed E-state index contributed by atoms with van der Waals surface area (Å²) in [6.45, 7) is 5.00. The van der Waals surface area contributed by atoms with Crippen LogP contribution in [0.4, 0.5) is 0 Å². The molecule has 108 valence electrons. The first kappa shape index (κ1) is 17.4. The molecule has 3 nitrogen and oxygen atoms in total. The lowest BCUT2D eigenvalue weighted by Gasteiger charge is -2.18. The van der Waals surface area contributed by atoms with Crippen molar-refractivity contribution in [3.8, 4) is 0 Å². The molecule has 0 heterocycles. The summed E-state index contributed by atoms with van der Waals surface area (Å²) in [5, 5.41) is 0. The van der Waals surface area contributed by atoms with Crippen molar-refractivity contribution in [1.82, 2.24) is 4.90 Å². The number of unbranched alkanes of at least 4 members (excludes halogenated alkanes) is 6. The van der Waals surface area contributed by atoms with Gasteiger partial charge in [-0.15, -0.1) is 0 Å². The minimum Gasteiger partial charge on any atom is -0.346 e. The molecule has 0 saturated carbocycles. The molecule has 0 aromatic carbocycles. The van der Waals surface area contributed by atoms with Crippen LogP contribution in [-0.2, 0) is 4.79 Å². The van der Waals surface area contributed by atoms with E-state index in [1.807, 2.05) is 18.9 Å². The van der Waals surface area contributed by atoms with Gasteiger partial charge >= 0.3 is 0 Å². The average molecular weight is 256 g/mol. The normalized spacial score (nSPS) is 12.4. The number of hydrogen-bond donors (Lipinski definition) is 1. The lowest BCUT2D eigenvalue weighted by Crippen LogP contribution is -2.31. The summed E-state index contributed by atoms with van der Waals surface area (Å²) in [6.07, 6.45) is 10.4. The van der Waals surface area contributed by atoms with E-state index >= 15 is 0 Å². The minimum atomic E-state index is 0.179. The zero-order chi connectivity index (χ0) is 13.8. The molecule has 0 fully saturated rings. The van der Waals surface area contributed by atoms with E-state index in [9.17, 15) is 4.79 Å². The number of carbonyl (C=O) groups excluding carboxylic acids is 1. The van der Waals surface area contributed by atoms with Gasteiger partial charge in [-0.25, -0.2) is 0 Å². The maximum atomic E-state index is 11.8. The Kier molecular flexibility index (Phi) is 11.2. The lowest BCUT2D eigenvalue weighted by molar-refractivity contribution is -0.130. The Balaban J connectivity index is 3.40. The summed E-state index contributed by atoms with van der Waals surface area (Å²) in [5.74, 6) is 0.268. The second kappa shape index (κ2) is 11.5. The standard InChI is InChI=1S/C15H32N2O/c1-4-5-6-7-8-9-10-11-15(18)17(3)13-12-14(2)16/h14H,4-13,16H2,1-3H3. The Morgan fingerprint density at radius 3 is 2.22 bits per heavy atom. The van der Waals surface area contributed by atoms with E-state index in [0.717, 1.165) is 19.4 Å². The molecule has 0 aromatic rings. The highest BCUT2D eigenvalue weighted by Crippen LogP contribution is 2.09. The van der Waals surface area contributed by atoms with Crippen LogP contribution in [0.1, 0.15) is 71.6 Å². The summed E-state index contributed by atoms with van der Waals surface area (Å²) in [7, 11) is 1.88. The van der Waals surface area contributed by atoms with Gasteiger partial charge in [-0.3, -0.25) is 4.79 Å². The lowest BCUT2D eigenvalue weighted by atomic mass is 10.1. The SMILES string of the molecule is CCCCCCCCCC(=O)N(C)CCC(C)N. The first-order valence-electron chi connectivity index (χ1n) is 7.57. The quantitative estimate of drug-likeness (QED) is 0.576. The van der Waals surface area contributed by atoms with Crippen LogP contribution in [0.25, 0.3) is 0 Å². The predicted octanol–water partition coefficient (Wildman–Crippen LogP) is 3.32. The average Bonchev–Trinajstić information content (AvgIpc) is 2.34. The van der Waals surface area contributed by atoms with Gasteiger partial charge in [-0.1, -0.05) is 45.4 Å². The van der Waals surface area contributed by atoms with Crippen LogP contribution in [0.2, 0.25) is 0 Å². The van der Waals surface area contributed by atoms with Crippen molar-refractivity contribution < 1.29 is 4.79 Å². The van der Waals surface area contributed by atoms with E-state index in [1.54, 1.807) is 0 Å². The summed E-state index contributed by atoms with van der Waals surface area (Å²) in [6, 6.07) is 0.179. The number of nitrogens with two attached hydrogens (primary N) is 1. The van der Waals surface area contributed by atoms with Gasteiger partial charge in [-0.05, 0) is 19.8 Å². The van der Waals surface area contributed by atoms with E-state index in [0.29, 0.717) is 6.42 Å². The van der Waals surface area contributed by atoms with Crippen LogP contribution in [-0.4, -0.2) is 30.4 Å². The Morgan fingerprint density at radius 2 is 1.67 bits per heavy atom. The third-order valence-corrected chi connectivity index (χ3v) is 3.34. The van der Waals surface area contributed by atoms with Crippen LogP contribution in [0.15, 0.2) is 0 Å². The Bertz CT molecular complexity index is 205. The van der Waals surface area contributed by atoms with Gasteiger partial charge in [0.25, 0.3) is 0 Å². The molecule has 3 heteroatoms. The van der Waals surface area contributed by atoms with Gasteiger partial charge in [0.2, 0.25) is 5.91 Å². The Morgan fingerprint density at radius 1 is 1.11 bits per heavy atom. The molecule has 0 rings (SSSR count). The zero-order valence-corrected chi connectivity index (χ0v) is 12.6. The largest absolute Gasteiger partial charge is 0.346 e. The molecular formula is C15H32N2O. The van der Waals surface area contributed by atoms with Gasteiger partial charge < -0.3 is 10.6 Å². The molecule has 1 atom stereocenters. The van der Waals surface area contributed by atoms with Gasteiger partial charge in [0.15, 0.2) is 0 Å². The molecule has 1 unspecified atom stereocenters. The van der Waals surface area contributed by atoms with E-state index in [4.69, 9.17) is 5.73 Å². The molecule has 0 aliphatic rings. The Labute approximate surface area is 113 Å². The van der Waals surface area contributed by atoms with E-state index in [2.05, 4.69) is 6.92 Å². The van der Waals surface area contributed by atoms with Crippen molar-refractivity contribution in [1.29, 1.82) is 0 Å². The molecule has 0 bridgehead atoms. The Hall–Kier alpha value is -0.570. The molecule has 0 saturated heterocycles. The van der Waals surface area contributed by atoms with E-state index in [-0.39, 0.29) is 11.9 Å². The van der Waals surface area contributed by atoms with Crippen molar-refractivity contribution in [3.05, 3.63) is 0 Å². The van der Waals surface area contributed by atoms with Gasteiger partial charge in [0.05, 0.1) is 0 Å². The summed E-state index contributed by atoms with van der Waals surface area (Å²) >= 11 is 0. The van der Waals surface area contributed by atoms with Crippen molar-refractivity contribution in [2.45, 2.75) is 77.7 Å². The van der Waals surface area contributed by atoms with Crippen molar-refractivity contribution in [2.24, 2.45) is 5.73 Å². The number of nitrogens with zero attached hydrogens (tertiary/aromatic N) is 1. The molecular weight excluding hydrogens is 224 g/mol. The summed E-state index contributed by atoms with van der Waals surface area (Å²) < 4.78 is 0. The molecule has 1 amide bonds. The molecule has 0 spiro atoms. The monoisotopic (exact) mass is 256 g/mol. The predicted molar refractivity (Wildman–Crippen MR) is 78.5 cm³/mol. The summed E-state index contributed by atoms with van der Waals surface area (Å²) in [4.78, 5) is 13.6. The highest BCUT2D eigenvalue weighted by atomic mass is 16.2. The van der Waals surface area contributed by atoms with Gasteiger partial charge in [0.1, 0.15) is 0 Å². The fraction of sp³-hybridized carbons (Fsp3) is 0.933. The molecule has 0 aromatic heterocycles. The molecule has 18 heavy (non-hydrogen) atoms. The smallest absolute Gasteiger partial charge is 0.222 e. The van der Waals surface area contributed by atoms with Crippen molar-refractivity contribution in [2.75, 3.05) is 13.6 Å². The van der Waals surface area contributed by atoms with Crippen LogP contribution >= 0.6 is 0 Å². The van der Waals surface area contributed by atoms with Crippen LogP contribution < -0.4 is 5.73 Å². The topological polar surface area (TPSA) is 46.3 Å². The maximum Gasteiger partial charge on any atom is 0.222 e. The molecule has 0 aliphatic carbocycles. The number of carbonyl (C=O) groups is 1. The van der Waals surface area contributed by atoms with Crippen molar-refractivity contribution in [3.63, 3.8) is 0 Å². The molecule has 0 radical (unpaired) electrons. The maximum absolute atomic E-state index is 11.8. The van der Waals surface area contributed by atoms with Crippen LogP contribution in [0.5, 0.6) is 0 Å². The third-order valence-electron chi connectivity index (χ3n) is 3.34. The highest BCUT2D eigenvalue weighted by molar-refractivity contribution is 5.75. The zero-order valence-electron chi connectivity index (χ0n) is 12.6. The first-order chi connectivity index (χ1) is 8.57. The molecule has 0 aliphatic heterocycles. The number of amides is 1. The fourth-order valence-electron chi connectivity index (χ4n) is 1.95.